The summed E-state index contributed by atoms with van der Waals surface area (Å²) in [6, 6.07) is 10.5. The van der Waals surface area contributed by atoms with Crippen LogP contribution in [-0.4, -0.2) is 9.38 Å². The lowest BCUT2D eigenvalue weighted by atomic mass is 10.2. The fourth-order valence-electron chi connectivity index (χ4n) is 1.92. The molecule has 0 unspecified atom stereocenters. The highest BCUT2D eigenvalue weighted by Gasteiger charge is 2.05. The molecule has 3 rings (SSSR count). The maximum absolute atomic E-state index is 12.9. The average Bonchev–Trinajstić information content (AvgIpc) is 2.73. The smallest absolute Gasteiger partial charge is 0.144 e. The van der Waals surface area contributed by atoms with Crippen LogP contribution >= 0.6 is 0 Å². The van der Waals surface area contributed by atoms with Crippen molar-refractivity contribution >= 4 is 5.52 Å². The highest BCUT2D eigenvalue weighted by Crippen LogP contribution is 2.20. The molecule has 2 aromatic heterocycles. The predicted molar refractivity (Wildman–Crippen MR) is 65.3 cm³/mol. The molecule has 2 nitrogen and oxygen atoms in total. The number of hydrogen-bond donors (Lipinski definition) is 0. The van der Waals surface area contributed by atoms with Gasteiger partial charge in [0, 0.05) is 11.8 Å². The number of hydrogen-bond acceptors (Lipinski definition) is 1. The third kappa shape index (κ3) is 1.69. The van der Waals surface area contributed by atoms with Crippen molar-refractivity contribution in [3.8, 4) is 11.4 Å². The molecule has 3 heteroatoms. The number of benzene rings is 1. The van der Waals surface area contributed by atoms with Gasteiger partial charge in [0.15, 0.2) is 0 Å². The maximum atomic E-state index is 12.9. The molecule has 0 aliphatic rings. The summed E-state index contributed by atoms with van der Waals surface area (Å²) in [5, 5.41) is 0. The van der Waals surface area contributed by atoms with Gasteiger partial charge in [0.25, 0.3) is 0 Å². The van der Waals surface area contributed by atoms with E-state index in [-0.39, 0.29) is 5.82 Å². The van der Waals surface area contributed by atoms with Gasteiger partial charge in [0.2, 0.25) is 0 Å². The highest BCUT2D eigenvalue weighted by molar-refractivity contribution is 5.62. The van der Waals surface area contributed by atoms with Crippen molar-refractivity contribution in [2.75, 3.05) is 0 Å². The zero-order valence-electron chi connectivity index (χ0n) is 9.39. The Labute approximate surface area is 98.4 Å². The SMILES string of the molecule is Cc1ccn2c(-c3ccc(F)cc3)ncc2c1. The molecular formula is C14H11FN2. The Bertz CT molecular complexity index is 668. The van der Waals surface area contributed by atoms with Crippen LogP contribution in [0.2, 0.25) is 0 Å². The van der Waals surface area contributed by atoms with E-state index in [0.29, 0.717) is 0 Å². The Balaban J connectivity index is 2.21. The minimum Gasteiger partial charge on any atom is -0.300 e. The second kappa shape index (κ2) is 3.70. The van der Waals surface area contributed by atoms with Crippen molar-refractivity contribution in [2.45, 2.75) is 6.92 Å². The summed E-state index contributed by atoms with van der Waals surface area (Å²) in [7, 11) is 0. The number of imidazole rings is 1. The first-order valence-electron chi connectivity index (χ1n) is 5.44. The van der Waals surface area contributed by atoms with Gasteiger partial charge >= 0.3 is 0 Å². The van der Waals surface area contributed by atoms with Gasteiger partial charge < -0.3 is 0 Å². The van der Waals surface area contributed by atoms with Gasteiger partial charge in [0.1, 0.15) is 11.6 Å². The van der Waals surface area contributed by atoms with Crippen LogP contribution in [-0.2, 0) is 0 Å². The molecule has 0 N–H and O–H groups in total. The number of fused-ring (bicyclic) bond motifs is 1. The molecular weight excluding hydrogens is 215 g/mol. The van der Waals surface area contributed by atoms with Crippen molar-refractivity contribution in [2.24, 2.45) is 0 Å². The Morgan fingerprint density at radius 1 is 1.12 bits per heavy atom. The predicted octanol–water partition coefficient (Wildman–Crippen LogP) is 3.45. The molecule has 0 aliphatic heterocycles. The molecule has 1 aromatic carbocycles. The first-order chi connectivity index (χ1) is 8.24. The number of aromatic nitrogens is 2. The zero-order chi connectivity index (χ0) is 11.8. The zero-order valence-corrected chi connectivity index (χ0v) is 9.39. The lowest BCUT2D eigenvalue weighted by Crippen LogP contribution is -1.89. The van der Waals surface area contributed by atoms with E-state index < -0.39 is 0 Å². The second-order valence-corrected chi connectivity index (χ2v) is 4.09. The standard InChI is InChI=1S/C14H11FN2/c1-10-6-7-17-13(8-10)9-16-14(17)11-2-4-12(15)5-3-11/h2-9H,1H3. The molecule has 17 heavy (non-hydrogen) atoms. The van der Waals surface area contributed by atoms with Crippen LogP contribution in [0.1, 0.15) is 5.56 Å². The van der Waals surface area contributed by atoms with Crippen LogP contribution in [0.3, 0.4) is 0 Å². The van der Waals surface area contributed by atoms with Crippen LogP contribution in [0.15, 0.2) is 48.8 Å². The van der Waals surface area contributed by atoms with E-state index in [4.69, 9.17) is 0 Å². The van der Waals surface area contributed by atoms with E-state index >= 15 is 0 Å². The molecule has 0 saturated carbocycles. The molecule has 3 aromatic rings. The molecule has 0 atom stereocenters. The Morgan fingerprint density at radius 3 is 2.65 bits per heavy atom. The van der Waals surface area contributed by atoms with Gasteiger partial charge in [-0.15, -0.1) is 0 Å². The maximum Gasteiger partial charge on any atom is 0.144 e. The largest absolute Gasteiger partial charge is 0.300 e. The second-order valence-electron chi connectivity index (χ2n) is 4.09. The summed E-state index contributed by atoms with van der Waals surface area (Å²) in [4.78, 5) is 4.38. The van der Waals surface area contributed by atoms with Gasteiger partial charge in [-0.05, 0) is 48.9 Å². The molecule has 0 saturated heterocycles. The molecule has 2 heterocycles. The van der Waals surface area contributed by atoms with Crippen LogP contribution < -0.4 is 0 Å². The Morgan fingerprint density at radius 2 is 1.88 bits per heavy atom. The molecule has 84 valence electrons. The van der Waals surface area contributed by atoms with Crippen LogP contribution in [0.4, 0.5) is 4.39 Å². The molecule has 0 spiro atoms. The van der Waals surface area contributed by atoms with Crippen LogP contribution in [0.25, 0.3) is 16.9 Å². The quantitative estimate of drug-likeness (QED) is 0.621. The van der Waals surface area contributed by atoms with Crippen molar-refractivity contribution < 1.29 is 4.39 Å². The van der Waals surface area contributed by atoms with Gasteiger partial charge in [-0.25, -0.2) is 9.37 Å². The summed E-state index contributed by atoms with van der Waals surface area (Å²) in [5.74, 6) is 0.602. The van der Waals surface area contributed by atoms with Crippen LogP contribution in [0, 0.1) is 12.7 Å². The van der Waals surface area contributed by atoms with Gasteiger partial charge in [-0.1, -0.05) is 0 Å². The minimum absolute atomic E-state index is 0.231. The number of halogens is 1. The first kappa shape index (κ1) is 10.0. The lowest BCUT2D eigenvalue weighted by Gasteiger charge is -2.02. The van der Waals surface area contributed by atoms with Gasteiger partial charge in [-0.3, -0.25) is 4.40 Å². The topological polar surface area (TPSA) is 17.3 Å². The minimum atomic E-state index is -0.231. The fraction of sp³-hybridized carbons (Fsp3) is 0.0714. The molecule has 0 fully saturated rings. The third-order valence-electron chi connectivity index (χ3n) is 2.79. The molecule has 0 bridgehead atoms. The van der Waals surface area contributed by atoms with E-state index in [9.17, 15) is 4.39 Å². The van der Waals surface area contributed by atoms with E-state index in [0.717, 1.165) is 16.9 Å². The lowest BCUT2D eigenvalue weighted by molar-refractivity contribution is 0.628. The number of rotatable bonds is 1. The number of nitrogens with zero attached hydrogens (tertiary/aromatic N) is 2. The summed E-state index contributed by atoms with van der Waals surface area (Å²) < 4.78 is 14.9. The van der Waals surface area contributed by atoms with Gasteiger partial charge in [0.05, 0.1) is 11.7 Å². The highest BCUT2D eigenvalue weighted by atomic mass is 19.1. The average molecular weight is 226 g/mol. The van der Waals surface area contributed by atoms with Crippen LogP contribution in [0.5, 0.6) is 0 Å². The van der Waals surface area contributed by atoms with E-state index in [1.807, 2.05) is 29.8 Å². The Hall–Kier alpha value is -2.16. The Kier molecular flexibility index (Phi) is 2.18. The summed E-state index contributed by atoms with van der Waals surface area (Å²) in [6.45, 7) is 2.05. The molecule has 0 aliphatic carbocycles. The first-order valence-corrected chi connectivity index (χ1v) is 5.44. The van der Waals surface area contributed by atoms with Crippen molar-refractivity contribution in [3.05, 3.63) is 60.2 Å². The van der Waals surface area contributed by atoms with E-state index in [1.165, 1.54) is 17.7 Å². The van der Waals surface area contributed by atoms with Gasteiger partial charge in [-0.2, -0.15) is 0 Å². The summed E-state index contributed by atoms with van der Waals surface area (Å²) in [5.41, 5.74) is 3.16. The van der Waals surface area contributed by atoms with Crippen molar-refractivity contribution in [1.29, 1.82) is 0 Å². The monoisotopic (exact) mass is 226 g/mol. The normalized spacial score (nSPS) is 10.9. The third-order valence-corrected chi connectivity index (χ3v) is 2.79. The molecule has 0 radical (unpaired) electrons. The van der Waals surface area contributed by atoms with E-state index in [1.54, 1.807) is 12.1 Å². The molecule has 0 amide bonds. The summed E-state index contributed by atoms with van der Waals surface area (Å²) >= 11 is 0. The number of aryl methyl sites for hydroxylation is 1. The van der Waals surface area contributed by atoms with Crippen molar-refractivity contribution in [1.82, 2.24) is 9.38 Å². The van der Waals surface area contributed by atoms with Crippen molar-refractivity contribution in [3.63, 3.8) is 0 Å². The summed E-state index contributed by atoms with van der Waals surface area (Å²) in [6.07, 6.45) is 3.81. The fourth-order valence-corrected chi connectivity index (χ4v) is 1.92. The number of pyridine rings is 1. The van der Waals surface area contributed by atoms with E-state index in [2.05, 4.69) is 11.1 Å².